The van der Waals surface area contributed by atoms with Gasteiger partial charge in [-0.2, -0.15) is 0 Å². The summed E-state index contributed by atoms with van der Waals surface area (Å²) in [6, 6.07) is 3.42. The van der Waals surface area contributed by atoms with Crippen LogP contribution in [0.1, 0.15) is 19.5 Å². The summed E-state index contributed by atoms with van der Waals surface area (Å²) in [6.07, 6.45) is 1.75. The molecule has 0 amide bonds. The van der Waals surface area contributed by atoms with Crippen LogP contribution in [-0.4, -0.2) is 16.1 Å². The van der Waals surface area contributed by atoms with Crippen LogP contribution in [0.15, 0.2) is 24.4 Å². The van der Waals surface area contributed by atoms with Gasteiger partial charge in [0, 0.05) is 18.8 Å². The molecule has 0 spiro atoms. The van der Waals surface area contributed by atoms with Gasteiger partial charge in [0.2, 0.25) is 5.95 Å². The number of rotatable bonds is 4. The van der Waals surface area contributed by atoms with Crippen molar-refractivity contribution in [3.05, 3.63) is 41.7 Å². The third-order valence-corrected chi connectivity index (χ3v) is 2.62. The minimum atomic E-state index is -0.601. The highest BCUT2D eigenvalue weighted by Crippen LogP contribution is 2.19. The first-order valence-electron chi connectivity index (χ1n) is 6.22. The Kier molecular flexibility index (Phi) is 3.83. The van der Waals surface area contributed by atoms with Crippen molar-refractivity contribution in [2.75, 3.05) is 11.9 Å². The number of halogens is 2. The van der Waals surface area contributed by atoms with E-state index in [4.69, 9.17) is 0 Å². The predicted octanol–water partition coefficient (Wildman–Crippen LogP) is 3.53. The summed E-state index contributed by atoms with van der Waals surface area (Å²) < 4.78 is 28.2. The van der Waals surface area contributed by atoms with E-state index >= 15 is 0 Å². The minimum Gasteiger partial charge on any atom is -0.355 e. The van der Waals surface area contributed by atoms with Gasteiger partial charge in [0.1, 0.15) is 11.6 Å². The number of imidazole rings is 1. The highest BCUT2D eigenvalue weighted by Gasteiger charge is 2.10. The van der Waals surface area contributed by atoms with Crippen molar-refractivity contribution in [3.8, 4) is 5.69 Å². The average Bonchev–Trinajstić information content (AvgIpc) is 2.66. The van der Waals surface area contributed by atoms with E-state index in [2.05, 4.69) is 24.1 Å². The molecule has 3 nitrogen and oxygen atoms in total. The van der Waals surface area contributed by atoms with E-state index in [1.54, 1.807) is 10.8 Å². The standard InChI is InChI=1S/C14H17F2N3/c1-9(2)7-17-14-18-10(3)8-19(14)13-5-11(15)4-12(16)6-13/h4-6,8-9H,7H2,1-3H3,(H,17,18). The molecule has 0 saturated carbocycles. The van der Waals surface area contributed by atoms with E-state index in [9.17, 15) is 8.78 Å². The summed E-state index contributed by atoms with van der Waals surface area (Å²) >= 11 is 0. The second-order valence-electron chi connectivity index (χ2n) is 4.98. The Morgan fingerprint density at radius 3 is 2.42 bits per heavy atom. The molecule has 0 bridgehead atoms. The van der Waals surface area contributed by atoms with Crippen LogP contribution in [-0.2, 0) is 0 Å². The monoisotopic (exact) mass is 265 g/mol. The van der Waals surface area contributed by atoms with Gasteiger partial charge in [-0.3, -0.25) is 4.57 Å². The van der Waals surface area contributed by atoms with Gasteiger partial charge in [0.05, 0.1) is 11.4 Å². The zero-order valence-electron chi connectivity index (χ0n) is 11.2. The van der Waals surface area contributed by atoms with Crippen molar-refractivity contribution in [2.45, 2.75) is 20.8 Å². The van der Waals surface area contributed by atoms with Crippen molar-refractivity contribution >= 4 is 5.95 Å². The molecule has 0 unspecified atom stereocenters. The topological polar surface area (TPSA) is 29.9 Å². The average molecular weight is 265 g/mol. The maximum Gasteiger partial charge on any atom is 0.207 e. The van der Waals surface area contributed by atoms with Gasteiger partial charge in [0.15, 0.2) is 0 Å². The summed E-state index contributed by atoms with van der Waals surface area (Å²) in [5, 5.41) is 3.18. The molecule has 1 aromatic heterocycles. The fraction of sp³-hybridized carbons (Fsp3) is 0.357. The second-order valence-corrected chi connectivity index (χ2v) is 4.98. The third kappa shape index (κ3) is 3.30. The molecule has 0 saturated heterocycles. The van der Waals surface area contributed by atoms with Gasteiger partial charge >= 0.3 is 0 Å². The molecule has 0 atom stereocenters. The molecule has 1 N–H and O–H groups in total. The van der Waals surface area contributed by atoms with E-state index in [1.807, 2.05) is 6.92 Å². The minimum absolute atomic E-state index is 0.421. The van der Waals surface area contributed by atoms with Crippen LogP contribution in [0.4, 0.5) is 14.7 Å². The molecule has 19 heavy (non-hydrogen) atoms. The SMILES string of the molecule is Cc1cn(-c2cc(F)cc(F)c2)c(NCC(C)C)n1. The zero-order chi connectivity index (χ0) is 14.0. The molecule has 102 valence electrons. The maximum atomic E-state index is 13.3. The molecule has 0 aliphatic heterocycles. The molecule has 1 aromatic carbocycles. The largest absolute Gasteiger partial charge is 0.355 e. The third-order valence-electron chi connectivity index (χ3n) is 2.62. The second kappa shape index (κ2) is 5.38. The first-order valence-corrected chi connectivity index (χ1v) is 6.22. The summed E-state index contributed by atoms with van der Waals surface area (Å²) in [7, 11) is 0. The molecule has 0 fully saturated rings. The molecule has 0 aliphatic carbocycles. The van der Waals surface area contributed by atoms with Crippen molar-refractivity contribution in [3.63, 3.8) is 0 Å². The smallest absolute Gasteiger partial charge is 0.207 e. The first kappa shape index (κ1) is 13.5. The van der Waals surface area contributed by atoms with Crippen LogP contribution >= 0.6 is 0 Å². The van der Waals surface area contributed by atoms with E-state index in [-0.39, 0.29) is 0 Å². The van der Waals surface area contributed by atoms with Crippen molar-refractivity contribution in [2.24, 2.45) is 5.92 Å². The van der Waals surface area contributed by atoms with Gasteiger partial charge < -0.3 is 5.32 Å². The Morgan fingerprint density at radius 2 is 1.84 bits per heavy atom. The summed E-state index contributed by atoms with van der Waals surface area (Å²) in [5.41, 5.74) is 1.21. The van der Waals surface area contributed by atoms with Crippen LogP contribution in [0, 0.1) is 24.5 Å². The number of hydrogen-bond acceptors (Lipinski definition) is 2. The summed E-state index contributed by atoms with van der Waals surface area (Å²) in [4.78, 5) is 4.33. The lowest BCUT2D eigenvalue weighted by Gasteiger charge is -2.11. The lowest BCUT2D eigenvalue weighted by Crippen LogP contribution is -2.12. The first-order chi connectivity index (χ1) is 8.95. The molecule has 1 heterocycles. The lowest BCUT2D eigenvalue weighted by atomic mass is 10.2. The molecule has 5 heteroatoms. The highest BCUT2D eigenvalue weighted by molar-refractivity contribution is 5.43. The number of nitrogens with one attached hydrogen (secondary N) is 1. The van der Waals surface area contributed by atoms with Crippen molar-refractivity contribution < 1.29 is 8.78 Å². The molecular formula is C14H17F2N3. The number of nitrogens with zero attached hydrogens (tertiary/aromatic N) is 2. The summed E-state index contributed by atoms with van der Waals surface area (Å²) in [6.45, 7) is 6.74. The number of aromatic nitrogens is 2. The fourth-order valence-corrected chi connectivity index (χ4v) is 1.79. The van der Waals surface area contributed by atoms with E-state index in [0.29, 0.717) is 17.6 Å². The van der Waals surface area contributed by atoms with Crippen LogP contribution in [0.2, 0.25) is 0 Å². The molecule has 2 rings (SSSR count). The van der Waals surface area contributed by atoms with Crippen molar-refractivity contribution in [1.29, 1.82) is 0 Å². The Hall–Kier alpha value is -1.91. The van der Waals surface area contributed by atoms with Crippen molar-refractivity contribution in [1.82, 2.24) is 9.55 Å². The molecule has 2 aromatic rings. The van der Waals surface area contributed by atoms with Crippen LogP contribution in [0.3, 0.4) is 0 Å². The molecular weight excluding hydrogens is 248 g/mol. The number of hydrogen-bond donors (Lipinski definition) is 1. The van der Waals surface area contributed by atoms with Gasteiger partial charge in [-0.25, -0.2) is 13.8 Å². The zero-order valence-corrected chi connectivity index (χ0v) is 11.2. The predicted molar refractivity (Wildman–Crippen MR) is 71.5 cm³/mol. The van der Waals surface area contributed by atoms with Gasteiger partial charge in [0.25, 0.3) is 0 Å². The van der Waals surface area contributed by atoms with Crippen LogP contribution in [0.25, 0.3) is 5.69 Å². The maximum absolute atomic E-state index is 13.3. The normalized spacial score (nSPS) is 11.1. The Balaban J connectivity index is 2.37. The summed E-state index contributed by atoms with van der Waals surface area (Å²) in [5.74, 6) is -0.154. The lowest BCUT2D eigenvalue weighted by molar-refractivity contribution is 0.581. The van der Waals surface area contributed by atoms with E-state index < -0.39 is 11.6 Å². The molecule has 0 radical (unpaired) electrons. The van der Waals surface area contributed by atoms with Gasteiger partial charge in [-0.1, -0.05) is 13.8 Å². The fourth-order valence-electron chi connectivity index (χ4n) is 1.79. The van der Waals surface area contributed by atoms with Gasteiger partial charge in [-0.05, 0) is 25.0 Å². The van der Waals surface area contributed by atoms with E-state index in [0.717, 1.165) is 18.3 Å². The Labute approximate surface area is 111 Å². The Bertz CT molecular complexity index is 556. The number of anilines is 1. The Morgan fingerprint density at radius 1 is 1.21 bits per heavy atom. The number of aryl methyl sites for hydroxylation is 1. The van der Waals surface area contributed by atoms with Gasteiger partial charge in [-0.15, -0.1) is 0 Å². The quantitative estimate of drug-likeness (QED) is 0.916. The highest BCUT2D eigenvalue weighted by atomic mass is 19.1. The van der Waals surface area contributed by atoms with E-state index in [1.165, 1.54) is 12.1 Å². The van der Waals surface area contributed by atoms with Crippen LogP contribution in [0.5, 0.6) is 0 Å². The van der Waals surface area contributed by atoms with Crippen LogP contribution < -0.4 is 5.32 Å². The molecule has 0 aliphatic rings. The number of benzene rings is 1.